The summed E-state index contributed by atoms with van der Waals surface area (Å²) in [4.78, 5) is 27.8. The van der Waals surface area contributed by atoms with Gasteiger partial charge in [-0.2, -0.15) is 0 Å². The van der Waals surface area contributed by atoms with Gasteiger partial charge in [0.15, 0.2) is 6.61 Å². The van der Waals surface area contributed by atoms with Gasteiger partial charge in [0, 0.05) is 12.6 Å². The number of benzene rings is 2. The Balaban J connectivity index is 1.67. The van der Waals surface area contributed by atoms with Gasteiger partial charge < -0.3 is 15.0 Å². The van der Waals surface area contributed by atoms with Crippen LogP contribution in [0.1, 0.15) is 70.9 Å². The Labute approximate surface area is 198 Å². The van der Waals surface area contributed by atoms with Crippen LogP contribution in [0.2, 0.25) is 0 Å². The third kappa shape index (κ3) is 7.34. The van der Waals surface area contributed by atoms with Crippen molar-refractivity contribution in [1.29, 1.82) is 0 Å². The molecule has 0 spiro atoms. The minimum atomic E-state index is -0.577. The van der Waals surface area contributed by atoms with E-state index in [-0.39, 0.29) is 29.9 Å². The molecule has 0 radical (unpaired) electrons. The molecule has 0 aliphatic heterocycles. The molecule has 33 heavy (non-hydrogen) atoms. The number of carbonyl (C=O) groups is 2. The Morgan fingerprint density at radius 3 is 2.24 bits per heavy atom. The third-order valence-corrected chi connectivity index (χ3v) is 6.40. The first-order valence-corrected chi connectivity index (χ1v) is 12.1. The summed E-state index contributed by atoms with van der Waals surface area (Å²) in [6, 6.07) is 17.3. The van der Waals surface area contributed by atoms with Gasteiger partial charge in [-0.25, -0.2) is 0 Å². The SMILES string of the molecule is C[C@@H](C(=O)NC1CCCCC1)N(Cc1ccccc1)C(=O)COc1ccc(C(C)(C)C)cc1. The second-order valence-electron chi connectivity index (χ2n) is 10.1. The number of carbonyl (C=O) groups excluding carboxylic acids is 2. The summed E-state index contributed by atoms with van der Waals surface area (Å²) in [6.07, 6.45) is 5.55. The zero-order chi connectivity index (χ0) is 23.8. The van der Waals surface area contributed by atoms with Crippen LogP contribution in [0.15, 0.2) is 54.6 Å². The Morgan fingerprint density at radius 2 is 1.64 bits per heavy atom. The van der Waals surface area contributed by atoms with Crippen LogP contribution in [0.3, 0.4) is 0 Å². The molecule has 2 amide bonds. The summed E-state index contributed by atoms with van der Waals surface area (Å²) >= 11 is 0. The van der Waals surface area contributed by atoms with Gasteiger partial charge in [0.2, 0.25) is 5.91 Å². The molecule has 178 valence electrons. The molecular weight excluding hydrogens is 412 g/mol. The van der Waals surface area contributed by atoms with Crippen molar-refractivity contribution < 1.29 is 14.3 Å². The molecule has 0 bridgehead atoms. The monoisotopic (exact) mass is 450 g/mol. The lowest BCUT2D eigenvalue weighted by molar-refractivity contribution is -0.142. The lowest BCUT2D eigenvalue weighted by Crippen LogP contribution is -2.51. The topological polar surface area (TPSA) is 58.6 Å². The zero-order valence-electron chi connectivity index (χ0n) is 20.5. The van der Waals surface area contributed by atoms with Gasteiger partial charge in [-0.3, -0.25) is 9.59 Å². The van der Waals surface area contributed by atoms with Crippen LogP contribution in [0, 0.1) is 0 Å². The van der Waals surface area contributed by atoms with Crippen LogP contribution in [0.4, 0.5) is 0 Å². The van der Waals surface area contributed by atoms with E-state index in [1.807, 2.05) is 54.6 Å². The van der Waals surface area contributed by atoms with E-state index in [0.717, 1.165) is 31.2 Å². The maximum Gasteiger partial charge on any atom is 0.261 e. The molecule has 5 heteroatoms. The summed E-state index contributed by atoms with van der Waals surface area (Å²) in [5.74, 6) is 0.348. The number of hydrogen-bond donors (Lipinski definition) is 1. The van der Waals surface area contributed by atoms with Crippen molar-refractivity contribution in [2.45, 2.75) is 83.8 Å². The molecule has 1 aliphatic carbocycles. The standard InChI is InChI=1S/C28H38N2O3/c1-21(27(32)29-24-13-9-6-10-14-24)30(19-22-11-7-5-8-12-22)26(31)20-33-25-17-15-23(16-18-25)28(2,3)4/h5,7-8,11-12,15-18,21,24H,6,9-10,13-14,19-20H2,1-4H3,(H,29,32)/t21-/m0/s1. The lowest BCUT2D eigenvalue weighted by atomic mass is 9.87. The molecule has 0 aromatic heterocycles. The van der Waals surface area contributed by atoms with E-state index < -0.39 is 6.04 Å². The first kappa shape index (κ1) is 24.8. The van der Waals surface area contributed by atoms with E-state index >= 15 is 0 Å². The van der Waals surface area contributed by atoms with Crippen molar-refractivity contribution in [3.63, 3.8) is 0 Å². The highest BCUT2D eigenvalue weighted by molar-refractivity contribution is 5.88. The third-order valence-electron chi connectivity index (χ3n) is 6.40. The predicted octanol–water partition coefficient (Wildman–Crippen LogP) is 5.23. The van der Waals surface area contributed by atoms with Crippen LogP contribution in [0.25, 0.3) is 0 Å². The molecular formula is C28H38N2O3. The molecule has 0 unspecified atom stereocenters. The highest BCUT2D eigenvalue weighted by Crippen LogP contribution is 2.24. The van der Waals surface area contributed by atoms with Crippen molar-refractivity contribution in [3.05, 3.63) is 65.7 Å². The summed E-state index contributed by atoms with van der Waals surface area (Å²) in [5, 5.41) is 3.16. The molecule has 1 saturated carbocycles. The largest absolute Gasteiger partial charge is 0.484 e. The average molecular weight is 451 g/mol. The van der Waals surface area contributed by atoms with Gasteiger partial charge in [-0.15, -0.1) is 0 Å². The summed E-state index contributed by atoms with van der Waals surface area (Å²) in [7, 11) is 0. The minimum Gasteiger partial charge on any atom is -0.484 e. The van der Waals surface area contributed by atoms with Gasteiger partial charge in [-0.1, -0.05) is 82.5 Å². The summed E-state index contributed by atoms with van der Waals surface area (Å²) < 4.78 is 5.81. The highest BCUT2D eigenvalue weighted by atomic mass is 16.5. The van der Waals surface area contributed by atoms with E-state index in [2.05, 4.69) is 26.1 Å². The Bertz CT molecular complexity index is 897. The molecule has 0 saturated heterocycles. The molecule has 1 atom stereocenters. The molecule has 2 aromatic carbocycles. The van der Waals surface area contributed by atoms with E-state index in [1.54, 1.807) is 11.8 Å². The normalized spacial score (nSPS) is 15.5. The number of nitrogens with zero attached hydrogens (tertiary/aromatic N) is 1. The predicted molar refractivity (Wildman–Crippen MR) is 132 cm³/mol. The van der Waals surface area contributed by atoms with Crippen LogP contribution in [-0.4, -0.2) is 35.4 Å². The fraction of sp³-hybridized carbons (Fsp3) is 0.500. The fourth-order valence-corrected chi connectivity index (χ4v) is 4.21. The van der Waals surface area contributed by atoms with Gasteiger partial charge in [0.1, 0.15) is 11.8 Å². The van der Waals surface area contributed by atoms with Gasteiger partial charge in [-0.05, 0) is 48.4 Å². The number of nitrogens with one attached hydrogen (secondary N) is 1. The second-order valence-corrected chi connectivity index (χ2v) is 10.1. The molecule has 3 rings (SSSR count). The van der Waals surface area contributed by atoms with E-state index in [4.69, 9.17) is 4.74 Å². The maximum absolute atomic E-state index is 13.2. The zero-order valence-corrected chi connectivity index (χ0v) is 20.5. The first-order valence-electron chi connectivity index (χ1n) is 12.1. The van der Waals surface area contributed by atoms with Gasteiger partial charge >= 0.3 is 0 Å². The van der Waals surface area contributed by atoms with Crippen LogP contribution in [0.5, 0.6) is 5.75 Å². The van der Waals surface area contributed by atoms with Gasteiger partial charge in [0.25, 0.3) is 5.91 Å². The fourth-order valence-electron chi connectivity index (χ4n) is 4.21. The van der Waals surface area contributed by atoms with Crippen LogP contribution < -0.4 is 10.1 Å². The number of amides is 2. The summed E-state index contributed by atoms with van der Waals surface area (Å²) in [6.45, 7) is 8.54. The number of hydrogen-bond acceptors (Lipinski definition) is 3. The molecule has 0 heterocycles. The van der Waals surface area contributed by atoms with E-state index in [1.165, 1.54) is 12.0 Å². The van der Waals surface area contributed by atoms with E-state index in [0.29, 0.717) is 12.3 Å². The van der Waals surface area contributed by atoms with Crippen LogP contribution >= 0.6 is 0 Å². The molecule has 1 N–H and O–H groups in total. The summed E-state index contributed by atoms with van der Waals surface area (Å²) in [5.41, 5.74) is 2.25. The number of rotatable bonds is 8. The smallest absolute Gasteiger partial charge is 0.261 e. The molecule has 1 fully saturated rings. The average Bonchev–Trinajstić information content (AvgIpc) is 2.81. The quantitative estimate of drug-likeness (QED) is 0.599. The maximum atomic E-state index is 13.2. The first-order chi connectivity index (χ1) is 15.7. The van der Waals surface area contributed by atoms with E-state index in [9.17, 15) is 9.59 Å². The molecule has 5 nitrogen and oxygen atoms in total. The Hall–Kier alpha value is -2.82. The van der Waals surface area contributed by atoms with Crippen molar-refractivity contribution in [2.24, 2.45) is 0 Å². The van der Waals surface area contributed by atoms with Crippen molar-refractivity contribution in [1.82, 2.24) is 10.2 Å². The Morgan fingerprint density at radius 1 is 1.00 bits per heavy atom. The second kappa shape index (κ2) is 11.4. The highest BCUT2D eigenvalue weighted by Gasteiger charge is 2.28. The lowest BCUT2D eigenvalue weighted by Gasteiger charge is -2.31. The molecule has 1 aliphatic rings. The minimum absolute atomic E-state index is 0.0575. The van der Waals surface area contributed by atoms with Crippen molar-refractivity contribution in [3.8, 4) is 5.75 Å². The van der Waals surface area contributed by atoms with Gasteiger partial charge in [0.05, 0.1) is 0 Å². The Kier molecular flexibility index (Phi) is 8.54. The van der Waals surface area contributed by atoms with Crippen LogP contribution in [-0.2, 0) is 21.5 Å². The van der Waals surface area contributed by atoms with Crippen molar-refractivity contribution >= 4 is 11.8 Å². The number of ether oxygens (including phenoxy) is 1. The molecule has 2 aromatic rings. The van der Waals surface area contributed by atoms with Crippen molar-refractivity contribution in [2.75, 3.05) is 6.61 Å².